The molecule has 0 aliphatic carbocycles. The van der Waals surface area contributed by atoms with E-state index >= 15 is 0 Å². The Morgan fingerprint density at radius 2 is 1.64 bits per heavy atom. The lowest BCUT2D eigenvalue weighted by atomic mass is 9.87. The third kappa shape index (κ3) is 8.33. The minimum atomic E-state index is -4.02. The Bertz CT molecular complexity index is 1260. The van der Waals surface area contributed by atoms with Crippen LogP contribution in [-0.2, 0) is 24.9 Å². The van der Waals surface area contributed by atoms with Gasteiger partial charge in [-0.1, -0.05) is 45.0 Å². The van der Waals surface area contributed by atoms with E-state index in [-0.39, 0.29) is 61.5 Å². The molecule has 4 N–H and O–H groups in total. The van der Waals surface area contributed by atoms with Crippen molar-refractivity contribution in [3.8, 4) is 11.5 Å². The zero-order chi connectivity index (χ0) is 28.5. The van der Waals surface area contributed by atoms with Gasteiger partial charge in [-0.15, -0.1) is 0 Å². The first kappa shape index (κ1) is 30.2. The number of benzene rings is 2. The molecule has 1 aliphatic rings. The summed E-state index contributed by atoms with van der Waals surface area (Å²) in [6, 6.07) is 13.6. The van der Waals surface area contributed by atoms with E-state index in [1.807, 2.05) is 20.8 Å². The van der Waals surface area contributed by atoms with Crippen LogP contribution in [0.5, 0.6) is 11.5 Å². The Morgan fingerprint density at radius 1 is 0.974 bits per heavy atom. The van der Waals surface area contributed by atoms with Crippen molar-refractivity contribution in [2.24, 2.45) is 4.99 Å². The number of aliphatic imine (C=N–C) groups is 1. The van der Waals surface area contributed by atoms with Gasteiger partial charge >= 0.3 is 0 Å². The van der Waals surface area contributed by atoms with Gasteiger partial charge in [-0.05, 0) is 35.2 Å². The van der Waals surface area contributed by atoms with E-state index in [1.165, 1.54) is 13.2 Å². The third-order valence-electron chi connectivity index (χ3n) is 5.67. The normalized spacial score (nSPS) is 17.5. The molecule has 1 unspecified atom stereocenters. The van der Waals surface area contributed by atoms with Crippen LogP contribution in [0.25, 0.3) is 0 Å². The first-order chi connectivity index (χ1) is 18.5. The average molecular weight is 564 g/mol. The third-order valence-corrected chi connectivity index (χ3v) is 7.05. The zero-order valence-corrected chi connectivity index (χ0v) is 23.5. The summed E-state index contributed by atoms with van der Waals surface area (Å²) in [6.07, 6.45) is 1.46. The number of aliphatic hydroxyl groups is 2. The molecule has 1 atom stereocenters. The second-order valence-electron chi connectivity index (χ2n) is 9.71. The van der Waals surface area contributed by atoms with E-state index in [2.05, 4.69) is 15.0 Å². The molecule has 0 saturated carbocycles. The highest BCUT2D eigenvalue weighted by Gasteiger charge is 2.38. The van der Waals surface area contributed by atoms with Crippen LogP contribution in [0.1, 0.15) is 32.8 Å². The fraction of sp³-hybridized carbons (Fsp3) is 0.444. The summed E-state index contributed by atoms with van der Waals surface area (Å²) in [7, 11) is -2.52. The molecule has 0 spiro atoms. The van der Waals surface area contributed by atoms with Gasteiger partial charge in [-0.2, -0.15) is 4.99 Å². The lowest BCUT2D eigenvalue weighted by Gasteiger charge is -2.36. The maximum absolute atomic E-state index is 13.3. The summed E-state index contributed by atoms with van der Waals surface area (Å²) in [5, 5.41) is 21.4. The molecular weight excluding hydrogens is 526 g/mol. The second-order valence-corrected chi connectivity index (χ2v) is 11.4. The molecule has 1 aliphatic heterocycles. The summed E-state index contributed by atoms with van der Waals surface area (Å²) in [6.45, 7) is 5.83. The molecule has 0 aromatic heterocycles. The first-order valence-electron chi connectivity index (χ1n) is 12.5. The minimum absolute atomic E-state index is 0.0284. The van der Waals surface area contributed by atoms with Gasteiger partial charge in [0.25, 0.3) is 15.9 Å². The van der Waals surface area contributed by atoms with Crippen molar-refractivity contribution in [1.82, 2.24) is 10.0 Å². The number of hydrogen-bond acceptors (Lipinski definition) is 10. The van der Waals surface area contributed by atoms with E-state index in [4.69, 9.17) is 24.1 Å². The van der Waals surface area contributed by atoms with E-state index in [1.54, 1.807) is 48.5 Å². The fourth-order valence-corrected chi connectivity index (χ4v) is 4.72. The van der Waals surface area contributed by atoms with Gasteiger partial charge in [0.15, 0.2) is 11.5 Å². The lowest BCUT2D eigenvalue weighted by Crippen LogP contribution is -2.54. The Labute approximate surface area is 229 Å². The minimum Gasteiger partial charge on any atom is -0.493 e. The van der Waals surface area contributed by atoms with Crippen molar-refractivity contribution in [3.05, 3.63) is 66.0 Å². The first-order valence-corrected chi connectivity index (χ1v) is 14.0. The van der Waals surface area contributed by atoms with Crippen LogP contribution >= 0.6 is 0 Å². The van der Waals surface area contributed by atoms with Crippen molar-refractivity contribution >= 4 is 15.9 Å². The summed E-state index contributed by atoms with van der Waals surface area (Å²) in [4.78, 5) is 4.62. The number of nitrogens with one attached hydrogen (secondary N) is 2. The fourth-order valence-electron chi connectivity index (χ4n) is 3.71. The number of rotatable bonds is 13. The van der Waals surface area contributed by atoms with Crippen LogP contribution in [0.3, 0.4) is 0 Å². The van der Waals surface area contributed by atoms with E-state index in [0.717, 1.165) is 5.56 Å². The summed E-state index contributed by atoms with van der Waals surface area (Å²) < 4.78 is 51.9. The number of hydrogen-bond donors (Lipinski definition) is 4. The Balaban J connectivity index is 1.96. The van der Waals surface area contributed by atoms with Gasteiger partial charge in [-0.3, -0.25) is 4.72 Å². The average Bonchev–Trinajstić information content (AvgIpc) is 2.89. The van der Waals surface area contributed by atoms with Crippen molar-refractivity contribution in [2.75, 3.05) is 40.1 Å². The molecule has 39 heavy (non-hydrogen) atoms. The summed E-state index contributed by atoms with van der Waals surface area (Å²) >= 11 is 0. The number of sulfonamides is 1. The standard InChI is InChI=1S/C27H37N3O8S/c1-26(2,3)20-9-11-21(12-10-20)39(33,34)30-24-19-25(37-18-15-32)29-27(28-24,13-16-36-17-14-31)38-23-8-6-5-7-22(23)35-4/h5-12,19,28,30-32H,13-18H2,1-4H3. The predicted octanol–water partition coefficient (Wildman–Crippen LogP) is 2.25. The van der Waals surface area contributed by atoms with Crippen LogP contribution in [0, 0.1) is 0 Å². The molecule has 0 fully saturated rings. The van der Waals surface area contributed by atoms with Gasteiger partial charge in [0.2, 0.25) is 5.90 Å². The maximum atomic E-state index is 13.3. The largest absolute Gasteiger partial charge is 0.493 e. The molecule has 1 heterocycles. The highest BCUT2D eigenvalue weighted by molar-refractivity contribution is 7.89. The second kappa shape index (κ2) is 13.2. The van der Waals surface area contributed by atoms with Gasteiger partial charge in [0, 0.05) is 6.08 Å². The predicted molar refractivity (Wildman–Crippen MR) is 146 cm³/mol. The number of ether oxygens (including phenoxy) is 4. The molecule has 11 nitrogen and oxygen atoms in total. The SMILES string of the molecule is COc1ccccc1OC1(CCOCCO)N=C(OCCO)C=C(NS(=O)(=O)c2ccc(C(C)(C)C)cc2)N1. The van der Waals surface area contributed by atoms with E-state index in [0.29, 0.717) is 11.5 Å². The molecular formula is C27H37N3O8S. The number of aliphatic hydroxyl groups excluding tert-OH is 2. The molecule has 2 aromatic carbocycles. The van der Waals surface area contributed by atoms with Crippen molar-refractivity contribution in [3.63, 3.8) is 0 Å². The lowest BCUT2D eigenvalue weighted by molar-refractivity contribution is -0.00289. The molecule has 0 saturated heterocycles. The molecule has 2 aromatic rings. The summed E-state index contributed by atoms with van der Waals surface area (Å²) in [5.74, 6) is -0.756. The van der Waals surface area contributed by atoms with Crippen molar-refractivity contribution in [2.45, 2.75) is 43.4 Å². The number of para-hydroxylation sites is 2. The van der Waals surface area contributed by atoms with Crippen molar-refractivity contribution < 1.29 is 37.6 Å². The molecule has 3 rings (SSSR count). The smallest absolute Gasteiger partial charge is 0.285 e. The highest BCUT2D eigenvalue weighted by Crippen LogP contribution is 2.32. The van der Waals surface area contributed by atoms with Crippen LogP contribution < -0.4 is 19.5 Å². The van der Waals surface area contributed by atoms with Gasteiger partial charge in [-0.25, -0.2) is 8.42 Å². The van der Waals surface area contributed by atoms with Crippen LogP contribution in [0.15, 0.2) is 70.3 Å². The Morgan fingerprint density at radius 3 is 2.26 bits per heavy atom. The Hall–Kier alpha value is -3.32. The highest BCUT2D eigenvalue weighted by atomic mass is 32.2. The van der Waals surface area contributed by atoms with E-state index < -0.39 is 15.9 Å². The van der Waals surface area contributed by atoms with Crippen LogP contribution in [-0.4, -0.2) is 70.5 Å². The maximum Gasteiger partial charge on any atom is 0.285 e. The molecule has 0 radical (unpaired) electrons. The zero-order valence-electron chi connectivity index (χ0n) is 22.6. The quantitative estimate of drug-likeness (QED) is 0.269. The Kier molecular flexibility index (Phi) is 10.2. The number of methoxy groups -OCH3 is 1. The van der Waals surface area contributed by atoms with Crippen LogP contribution in [0.2, 0.25) is 0 Å². The molecule has 214 valence electrons. The van der Waals surface area contributed by atoms with Crippen LogP contribution in [0.4, 0.5) is 0 Å². The van der Waals surface area contributed by atoms with Crippen molar-refractivity contribution in [1.29, 1.82) is 0 Å². The van der Waals surface area contributed by atoms with Gasteiger partial charge < -0.3 is 34.5 Å². The number of nitrogens with zero attached hydrogens (tertiary/aromatic N) is 1. The molecule has 0 amide bonds. The van der Waals surface area contributed by atoms with Gasteiger partial charge in [0.1, 0.15) is 12.4 Å². The van der Waals surface area contributed by atoms with Gasteiger partial charge in [0.05, 0.1) is 44.9 Å². The monoisotopic (exact) mass is 563 g/mol. The molecule has 12 heteroatoms. The topological polar surface area (TPSA) is 148 Å². The summed E-state index contributed by atoms with van der Waals surface area (Å²) in [5.41, 5.74) is 0.863. The molecule has 0 bridgehead atoms. The van der Waals surface area contributed by atoms with E-state index in [9.17, 15) is 13.5 Å².